The van der Waals surface area contributed by atoms with E-state index >= 15 is 0 Å². The molecule has 0 aromatic heterocycles. The van der Waals surface area contributed by atoms with Gasteiger partial charge in [0.1, 0.15) is 5.82 Å². The van der Waals surface area contributed by atoms with Crippen LogP contribution in [0.5, 0.6) is 5.75 Å². The maximum atomic E-state index is 13.5. The van der Waals surface area contributed by atoms with Gasteiger partial charge in [0.05, 0.1) is 0 Å². The second kappa shape index (κ2) is 8.77. The van der Waals surface area contributed by atoms with Gasteiger partial charge in [0.15, 0.2) is 22.8 Å². The number of ether oxygens (including phenoxy) is 1. The Bertz CT molecular complexity index is 836. The highest BCUT2D eigenvalue weighted by atomic mass is 35.5. The third kappa shape index (κ3) is 5.27. The lowest BCUT2D eigenvalue weighted by atomic mass is 10.2. The van der Waals surface area contributed by atoms with Crippen LogP contribution in [0.2, 0.25) is 5.02 Å². The van der Waals surface area contributed by atoms with Gasteiger partial charge in [-0.15, -0.1) is 0 Å². The molecule has 0 aliphatic rings. The number of hydrazine groups is 1. The van der Waals surface area contributed by atoms with Gasteiger partial charge >= 0.3 is 0 Å². The van der Waals surface area contributed by atoms with E-state index in [2.05, 4.69) is 16.2 Å². The standard InChI is InChI=1S/C17H16ClF2N3O2S/c1-9-12(18)4-3-5-14(9)21-17(26)23-22-16(24)10(2)25-15-7-6-11(19)8-13(15)20/h3-8,10H,1-2H3,(H,22,24)(H2,21,23,26). The van der Waals surface area contributed by atoms with Crippen molar-refractivity contribution in [1.29, 1.82) is 0 Å². The quantitative estimate of drug-likeness (QED) is 0.540. The second-order valence-corrected chi connectivity index (χ2v) is 6.13. The number of rotatable bonds is 4. The molecule has 5 nitrogen and oxygen atoms in total. The lowest BCUT2D eigenvalue weighted by Crippen LogP contribution is -2.48. The second-order valence-electron chi connectivity index (χ2n) is 5.32. The smallest absolute Gasteiger partial charge is 0.279 e. The molecule has 2 aromatic carbocycles. The Morgan fingerprint density at radius 3 is 2.65 bits per heavy atom. The molecule has 0 aliphatic heterocycles. The zero-order chi connectivity index (χ0) is 19.3. The zero-order valence-electron chi connectivity index (χ0n) is 13.9. The van der Waals surface area contributed by atoms with Crippen LogP contribution in [0.3, 0.4) is 0 Å². The van der Waals surface area contributed by atoms with Crippen molar-refractivity contribution < 1.29 is 18.3 Å². The number of amides is 1. The first kappa shape index (κ1) is 19.9. The molecular weight excluding hydrogens is 384 g/mol. The molecule has 0 saturated heterocycles. The minimum atomic E-state index is -1.04. The van der Waals surface area contributed by atoms with Crippen LogP contribution in [0.1, 0.15) is 12.5 Å². The summed E-state index contributed by atoms with van der Waals surface area (Å²) in [6.45, 7) is 3.23. The Balaban J connectivity index is 1.87. The van der Waals surface area contributed by atoms with E-state index in [1.165, 1.54) is 6.92 Å². The summed E-state index contributed by atoms with van der Waals surface area (Å²) in [6.07, 6.45) is -1.04. The molecule has 3 N–H and O–H groups in total. The van der Waals surface area contributed by atoms with E-state index in [0.29, 0.717) is 16.8 Å². The molecule has 9 heteroatoms. The molecule has 0 spiro atoms. The third-order valence-corrected chi connectivity index (χ3v) is 4.00. The first-order chi connectivity index (χ1) is 12.3. The molecule has 1 atom stereocenters. The number of hydrogen-bond donors (Lipinski definition) is 3. The minimum Gasteiger partial charge on any atom is -0.478 e. The van der Waals surface area contributed by atoms with Crippen LogP contribution >= 0.6 is 23.8 Å². The van der Waals surface area contributed by atoms with Crippen molar-refractivity contribution in [3.8, 4) is 5.75 Å². The Morgan fingerprint density at radius 2 is 1.96 bits per heavy atom. The first-order valence-corrected chi connectivity index (χ1v) is 8.30. The molecule has 1 amide bonds. The molecular formula is C17H16ClF2N3O2S. The predicted molar refractivity (Wildman–Crippen MR) is 100 cm³/mol. The molecule has 138 valence electrons. The molecule has 0 bridgehead atoms. The summed E-state index contributed by atoms with van der Waals surface area (Å²) in [5.74, 6) is -2.46. The normalized spacial score (nSPS) is 11.4. The fourth-order valence-electron chi connectivity index (χ4n) is 1.93. The highest BCUT2D eigenvalue weighted by molar-refractivity contribution is 7.80. The highest BCUT2D eigenvalue weighted by Gasteiger charge is 2.17. The van der Waals surface area contributed by atoms with E-state index in [1.54, 1.807) is 18.2 Å². The molecule has 0 fully saturated rings. The maximum absolute atomic E-state index is 13.5. The van der Waals surface area contributed by atoms with Gasteiger partial charge in [0.25, 0.3) is 5.91 Å². The van der Waals surface area contributed by atoms with Crippen LogP contribution in [0, 0.1) is 18.6 Å². The summed E-state index contributed by atoms with van der Waals surface area (Å²) < 4.78 is 31.6. The summed E-state index contributed by atoms with van der Waals surface area (Å²) in [4.78, 5) is 12.0. The lowest BCUT2D eigenvalue weighted by Gasteiger charge is -2.17. The van der Waals surface area contributed by atoms with E-state index in [9.17, 15) is 13.6 Å². The van der Waals surface area contributed by atoms with Gasteiger partial charge in [0.2, 0.25) is 0 Å². The number of nitrogens with one attached hydrogen (secondary N) is 3. The fourth-order valence-corrected chi connectivity index (χ4v) is 2.27. The average Bonchev–Trinajstić information content (AvgIpc) is 2.59. The Hall–Kier alpha value is -2.45. The number of thiocarbonyl (C=S) groups is 1. The summed E-state index contributed by atoms with van der Waals surface area (Å²) in [5.41, 5.74) is 6.33. The Morgan fingerprint density at radius 1 is 1.23 bits per heavy atom. The van der Waals surface area contributed by atoms with E-state index < -0.39 is 23.6 Å². The summed E-state index contributed by atoms with van der Waals surface area (Å²) in [5, 5.41) is 3.59. The molecule has 2 aromatic rings. The van der Waals surface area contributed by atoms with Gasteiger partial charge in [-0.3, -0.25) is 15.6 Å². The molecule has 1 unspecified atom stereocenters. The third-order valence-electron chi connectivity index (χ3n) is 3.38. The molecule has 0 saturated carbocycles. The Labute approximate surface area is 159 Å². The number of benzene rings is 2. The van der Waals surface area contributed by atoms with E-state index in [-0.39, 0.29) is 10.9 Å². The molecule has 0 radical (unpaired) electrons. The van der Waals surface area contributed by atoms with Crippen LogP contribution in [0.25, 0.3) is 0 Å². The number of hydrogen-bond acceptors (Lipinski definition) is 3. The Kier molecular flexibility index (Phi) is 6.70. The number of halogens is 3. The van der Waals surface area contributed by atoms with E-state index in [4.69, 9.17) is 28.6 Å². The van der Waals surface area contributed by atoms with Crippen molar-refractivity contribution in [3.63, 3.8) is 0 Å². The molecule has 0 aliphatic carbocycles. The van der Waals surface area contributed by atoms with Crippen molar-refractivity contribution >= 4 is 40.5 Å². The summed E-state index contributed by atoms with van der Waals surface area (Å²) in [6, 6.07) is 8.09. The van der Waals surface area contributed by atoms with Crippen molar-refractivity contribution in [2.45, 2.75) is 20.0 Å². The van der Waals surface area contributed by atoms with Gasteiger partial charge in [-0.25, -0.2) is 8.78 Å². The fraction of sp³-hybridized carbons (Fsp3) is 0.176. The highest BCUT2D eigenvalue weighted by Crippen LogP contribution is 2.22. The van der Waals surface area contributed by atoms with Crippen molar-refractivity contribution in [2.75, 3.05) is 5.32 Å². The van der Waals surface area contributed by atoms with Crippen molar-refractivity contribution in [1.82, 2.24) is 10.9 Å². The van der Waals surface area contributed by atoms with E-state index in [1.807, 2.05) is 6.92 Å². The lowest BCUT2D eigenvalue weighted by molar-refractivity contribution is -0.127. The number of carbonyl (C=O) groups excluding carboxylic acids is 1. The summed E-state index contributed by atoms with van der Waals surface area (Å²) in [7, 11) is 0. The van der Waals surface area contributed by atoms with E-state index in [0.717, 1.165) is 17.7 Å². The summed E-state index contributed by atoms with van der Waals surface area (Å²) >= 11 is 11.1. The largest absolute Gasteiger partial charge is 0.478 e. The van der Waals surface area contributed by atoms with Crippen LogP contribution in [0.15, 0.2) is 36.4 Å². The first-order valence-electron chi connectivity index (χ1n) is 7.51. The van der Waals surface area contributed by atoms with Crippen molar-refractivity contribution in [2.24, 2.45) is 0 Å². The van der Waals surface area contributed by atoms with Crippen LogP contribution in [0.4, 0.5) is 14.5 Å². The number of anilines is 1. The SMILES string of the molecule is Cc1c(Cl)cccc1NC(=S)NNC(=O)C(C)Oc1ccc(F)cc1F. The minimum absolute atomic E-state index is 0.129. The molecule has 0 heterocycles. The van der Waals surface area contributed by atoms with Gasteiger partial charge < -0.3 is 10.1 Å². The van der Waals surface area contributed by atoms with Gasteiger partial charge in [-0.2, -0.15) is 0 Å². The zero-order valence-corrected chi connectivity index (χ0v) is 15.5. The van der Waals surface area contributed by atoms with Crippen LogP contribution < -0.4 is 20.9 Å². The molecule has 26 heavy (non-hydrogen) atoms. The van der Waals surface area contributed by atoms with Crippen LogP contribution in [-0.2, 0) is 4.79 Å². The maximum Gasteiger partial charge on any atom is 0.279 e. The van der Waals surface area contributed by atoms with Gasteiger partial charge in [0, 0.05) is 16.8 Å². The van der Waals surface area contributed by atoms with Gasteiger partial charge in [-0.05, 0) is 55.9 Å². The van der Waals surface area contributed by atoms with Gasteiger partial charge in [-0.1, -0.05) is 17.7 Å². The van der Waals surface area contributed by atoms with Crippen molar-refractivity contribution in [3.05, 3.63) is 58.6 Å². The predicted octanol–water partition coefficient (Wildman–Crippen LogP) is 3.71. The van der Waals surface area contributed by atoms with Crippen LogP contribution in [-0.4, -0.2) is 17.1 Å². The average molecular weight is 400 g/mol. The monoisotopic (exact) mass is 399 g/mol. The number of carbonyl (C=O) groups is 1. The molecule has 2 rings (SSSR count). The topological polar surface area (TPSA) is 62.4 Å².